The van der Waals surface area contributed by atoms with Crippen LogP contribution in [0.2, 0.25) is 0 Å². The SMILES string of the molecule is CCN(CC)CC(N)c1noc(-c2cccc(C)n2)n1. The van der Waals surface area contributed by atoms with Gasteiger partial charge in [0.25, 0.3) is 5.89 Å². The highest BCUT2D eigenvalue weighted by atomic mass is 16.5. The second-order valence-electron chi connectivity index (χ2n) is 4.71. The van der Waals surface area contributed by atoms with Crippen molar-refractivity contribution in [1.29, 1.82) is 0 Å². The molecule has 1 unspecified atom stereocenters. The van der Waals surface area contributed by atoms with Gasteiger partial charge in [0.05, 0.1) is 6.04 Å². The van der Waals surface area contributed by atoms with Crippen molar-refractivity contribution in [1.82, 2.24) is 20.0 Å². The molecule has 0 aliphatic rings. The number of aromatic nitrogens is 3. The second kappa shape index (κ2) is 6.58. The normalized spacial score (nSPS) is 12.8. The summed E-state index contributed by atoms with van der Waals surface area (Å²) >= 11 is 0. The zero-order valence-electron chi connectivity index (χ0n) is 12.2. The van der Waals surface area contributed by atoms with Gasteiger partial charge in [-0.3, -0.25) is 0 Å². The molecule has 0 aliphatic heterocycles. The minimum Gasteiger partial charge on any atom is -0.332 e. The molecule has 2 N–H and O–H groups in total. The first-order chi connectivity index (χ1) is 9.63. The first-order valence-electron chi connectivity index (χ1n) is 6.89. The van der Waals surface area contributed by atoms with E-state index in [2.05, 4.69) is 33.9 Å². The predicted octanol–water partition coefficient (Wildman–Crippen LogP) is 1.78. The van der Waals surface area contributed by atoms with E-state index >= 15 is 0 Å². The molecule has 0 amide bonds. The molecule has 2 aromatic rings. The molecule has 0 aliphatic carbocycles. The minimum absolute atomic E-state index is 0.253. The highest BCUT2D eigenvalue weighted by Crippen LogP contribution is 2.17. The van der Waals surface area contributed by atoms with Crippen molar-refractivity contribution in [3.63, 3.8) is 0 Å². The summed E-state index contributed by atoms with van der Waals surface area (Å²) in [5.41, 5.74) is 7.71. The molecule has 6 heteroatoms. The number of likely N-dealkylation sites (N-methyl/N-ethyl adjacent to an activating group) is 1. The maximum atomic E-state index is 6.12. The van der Waals surface area contributed by atoms with Crippen LogP contribution in [0.15, 0.2) is 22.7 Å². The van der Waals surface area contributed by atoms with Crippen molar-refractivity contribution in [3.8, 4) is 11.6 Å². The third-order valence-electron chi connectivity index (χ3n) is 3.23. The van der Waals surface area contributed by atoms with Gasteiger partial charge in [-0.25, -0.2) is 4.98 Å². The topological polar surface area (TPSA) is 81.1 Å². The highest BCUT2D eigenvalue weighted by Gasteiger charge is 2.17. The predicted molar refractivity (Wildman–Crippen MR) is 77.0 cm³/mol. The Hall–Kier alpha value is -1.79. The second-order valence-corrected chi connectivity index (χ2v) is 4.71. The van der Waals surface area contributed by atoms with Crippen LogP contribution in [-0.2, 0) is 0 Å². The summed E-state index contributed by atoms with van der Waals surface area (Å²) in [6.07, 6.45) is 0. The van der Waals surface area contributed by atoms with Crippen molar-refractivity contribution in [2.24, 2.45) is 5.73 Å². The summed E-state index contributed by atoms with van der Waals surface area (Å²) < 4.78 is 5.25. The summed E-state index contributed by atoms with van der Waals surface area (Å²) in [7, 11) is 0. The van der Waals surface area contributed by atoms with Gasteiger partial charge in [-0.15, -0.1) is 0 Å². The maximum Gasteiger partial charge on any atom is 0.276 e. The van der Waals surface area contributed by atoms with Gasteiger partial charge in [0, 0.05) is 12.2 Å². The fourth-order valence-corrected chi connectivity index (χ4v) is 1.99. The molecule has 0 bridgehead atoms. The fourth-order valence-electron chi connectivity index (χ4n) is 1.99. The summed E-state index contributed by atoms with van der Waals surface area (Å²) in [5, 5.41) is 3.97. The van der Waals surface area contributed by atoms with Gasteiger partial charge in [0.2, 0.25) is 0 Å². The van der Waals surface area contributed by atoms with Gasteiger partial charge < -0.3 is 15.2 Å². The number of aryl methyl sites for hydroxylation is 1. The van der Waals surface area contributed by atoms with E-state index < -0.39 is 0 Å². The minimum atomic E-state index is -0.253. The lowest BCUT2D eigenvalue weighted by molar-refractivity contribution is 0.278. The van der Waals surface area contributed by atoms with E-state index in [4.69, 9.17) is 10.3 Å². The number of rotatable bonds is 6. The molecule has 0 saturated carbocycles. The van der Waals surface area contributed by atoms with E-state index in [9.17, 15) is 0 Å². The molecule has 2 heterocycles. The third kappa shape index (κ3) is 3.40. The average Bonchev–Trinajstić information content (AvgIpc) is 2.94. The molecule has 0 radical (unpaired) electrons. The first-order valence-corrected chi connectivity index (χ1v) is 6.89. The molecular formula is C14H21N5O. The van der Waals surface area contributed by atoms with Gasteiger partial charge in [-0.2, -0.15) is 4.98 Å². The highest BCUT2D eigenvalue weighted by molar-refractivity contribution is 5.46. The van der Waals surface area contributed by atoms with Gasteiger partial charge in [0.1, 0.15) is 5.69 Å². The van der Waals surface area contributed by atoms with Crippen molar-refractivity contribution < 1.29 is 4.52 Å². The van der Waals surface area contributed by atoms with Crippen LogP contribution in [-0.4, -0.2) is 39.7 Å². The van der Waals surface area contributed by atoms with Crippen molar-refractivity contribution >= 4 is 0 Å². The maximum absolute atomic E-state index is 6.12. The number of hydrogen-bond acceptors (Lipinski definition) is 6. The Morgan fingerprint density at radius 3 is 2.65 bits per heavy atom. The van der Waals surface area contributed by atoms with E-state index in [0.29, 0.717) is 24.0 Å². The average molecular weight is 275 g/mol. The van der Waals surface area contributed by atoms with Crippen LogP contribution in [0.25, 0.3) is 11.6 Å². The number of nitrogens with two attached hydrogens (primary N) is 1. The lowest BCUT2D eigenvalue weighted by Crippen LogP contribution is -2.32. The van der Waals surface area contributed by atoms with E-state index in [-0.39, 0.29) is 6.04 Å². The summed E-state index contributed by atoms with van der Waals surface area (Å²) in [5.74, 6) is 0.939. The molecule has 2 rings (SSSR count). The lowest BCUT2D eigenvalue weighted by atomic mass is 10.2. The Morgan fingerprint density at radius 1 is 1.25 bits per heavy atom. The molecule has 20 heavy (non-hydrogen) atoms. The van der Waals surface area contributed by atoms with Crippen LogP contribution in [0, 0.1) is 6.92 Å². The standard InChI is InChI=1S/C14H21N5O/c1-4-19(5-2)9-11(15)13-17-14(20-18-13)12-8-6-7-10(3)16-12/h6-8,11H,4-5,9,15H2,1-3H3. The third-order valence-corrected chi connectivity index (χ3v) is 3.23. The van der Waals surface area contributed by atoms with Crippen LogP contribution in [0.5, 0.6) is 0 Å². The van der Waals surface area contributed by atoms with E-state index in [1.54, 1.807) is 0 Å². The zero-order chi connectivity index (χ0) is 14.5. The van der Waals surface area contributed by atoms with Gasteiger partial charge in [-0.05, 0) is 32.1 Å². The van der Waals surface area contributed by atoms with Crippen LogP contribution < -0.4 is 5.73 Å². The molecule has 108 valence electrons. The van der Waals surface area contributed by atoms with E-state index in [1.807, 2.05) is 25.1 Å². The quantitative estimate of drug-likeness (QED) is 0.865. The van der Waals surface area contributed by atoms with Crippen molar-refractivity contribution in [3.05, 3.63) is 29.7 Å². The first kappa shape index (κ1) is 14.6. The van der Waals surface area contributed by atoms with Gasteiger partial charge in [0.15, 0.2) is 5.82 Å². The Labute approximate surface area is 119 Å². The Morgan fingerprint density at radius 2 is 2.00 bits per heavy atom. The Balaban J connectivity index is 2.12. The number of hydrogen-bond donors (Lipinski definition) is 1. The van der Waals surface area contributed by atoms with E-state index in [0.717, 1.165) is 18.8 Å². The van der Waals surface area contributed by atoms with E-state index in [1.165, 1.54) is 0 Å². The van der Waals surface area contributed by atoms with Crippen LogP contribution >= 0.6 is 0 Å². The Bertz CT molecular complexity index is 550. The number of nitrogens with zero attached hydrogens (tertiary/aromatic N) is 4. The van der Waals surface area contributed by atoms with Crippen LogP contribution in [0.4, 0.5) is 0 Å². The van der Waals surface area contributed by atoms with Crippen molar-refractivity contribution in [2.45, 2.75) is 26.8 Å². The van der Waals surface area contributed by atoms with Crippen LogP contribution in [0.3, 0.4) is 0 Å². The fraction of sp³-hybridized carbons (Fsp3) is 0.500. The largest absolute Gasteiger partial charge is 0.332 e. The van der Waals surface area contributed by atoms with Crippen LogP contribution in [0.1, 0.15) is 31.4 Å². The summed E-state index contributed by atoms with van der Waals surface area (Å²) in [6, 6.07) is 5.43. The lowest BCUT2D eigenvalue weighted by Gasteiger charge is -2.20. The molecule has 0 aromatic carbocycles. The number of pyridine rings is 1. The monoisotopic (exact) mass is 275 g/mol. The summed E-state index contributed by atoms with van der Waals surface area (Å²) in [6.45, 7) is 8.76. The van der Waals surface area contributed by atoms with Gasteiger partial charge >= 0.3 is 0 Å². The molecule has 2 aromatic heterocycles. The smallest absolute Gasteiger partial charge is 0.276 e. The summed E-state index contributed by atoms with van der Waals surface area (Å²) in [4.78, 5) is 10.9. The zero-order valence-corrected chi connectivity index (χ0v) is 12.2. The molecule has 6 nitrogen and oxygen atoms in total. The molecular weight excluding hydrogens is 254 g/mol. The Kier molecular flexibility index (Phi) is 4.81. The molecule has 0 fully saturated rings. The molecule has 0 spiro atoms. The molecule has 1 atom stereocenters. The van der Waals surface area contributed by atoms with Gasteiger partial charge in [-0.1, -0.05) is 25.1 Å². The molecule has 0 saturated heterocycles. The van der Waals surface area contributed by atoms with Crippen molar-refractivity contribution in [2.75, 3.05) is 19.6 Å².